The summed E-state index contributed by atoms with van der Waals surface area (Å²) in [6.45, 7) is 10.4. The van der Waals surface area contributed by atoms with Crippen LogP contribution in [0, 0.1) is 0 Å². The van der Waals surface area contributed by atoms with Gasteiger partial charge in [0.1, 0.15) is 21.6 Å². The van der Waals surface area contributed by atoms with Crippen molar-refractivity contribution in [1.82, 2.24) is 9.27 Å². The number of rotatable bonds is 2. The van der Waals surface area contributed by atoms with Gasteiger partial charge in [0.25, 0.3) is 0 Å². The lowest BCUT2D eigenvalue weighted by atomic mass is 9.99. The van der Waals surface area contributed by atoms with Crippen molar-refractivity contribution in [3.8, 4) is 0 Å². The Labute approximate surface area is 166 Å². The second-order valence-corrected chi connectivity index (χ2v) is 9.46. The fraction of sp³-hybridized carbons (Fsp3) is 0.722. The number of likely N-dealkylation sites (tertiary alicyclic amines) is 1. The van der Waals surface area contributed by atoms with Gasteiger partial charge in [0.2, 0.25) is 0 Å². The molecule has 1 aliphatic rings. The van der Waals surface area contributed by atoms with Gasteiger partial charge in [-0.25, -0.2) is 9.59 Å². The van der Waals surface area contributed by atoms with E-state index in [1.807, 2.05) is 0 Å². The largest absolute Gasteiger partial charge is 0.456 e. The van der Waals surface area contributed by atoms with Crippen LogP contribution in [0.1, 0.15) is 74.8 Å². The summed E-state index contributed by atoms with van der Waals surface area (Å²) in [6, 6.07) is 0. The van der Waals surface area contributed by atoms with E-state index in [2.05, 4.69) is 4.37 Å². The molecule has 10 heteroatoms. The molecule has 2 rings (SSSR count). The third kappa shape index (κ3) is 5.59. The summed E-state index contributed by atoms with van der Waals surface area (Å²) in [5.41, 5.74) is -2.15. The Hall–Kier alpha value is -1.84. The van der Waals surface area contributed by atoms with Crippen LogP contribution >= 0.6 is 11.5 Å². The van der Waals surface area contributed by atoms with Gasteiger partial charge in [0, 0.05) is 19.0 Å². The molecule has 0 saturated carbocycles. The van der Waals surface area contributed by atoms with Crippen molar-refractivity contribution in [3.05, 3.63) is 16.1 Å². The van der Waals surface area contributed by atoms with E-state index >= 15 is 0 Å². The van der Waals surface area contributed by atoms with Crippen LogP contribution in [0.3, 0.4) is 0 Å². The molecule has 1 aromatic rings. The smallest absolute Gasteiger partial charge is 0.428 e. The Morgan fingerprint density at radius 2 is 1.64 bits per heavy atom. The van der Waals surface area contributed by atoms with E-state index < -0.39 is 45.8 Å². The molecule has 1 aromatic heterocycles. The van der Waals surface area contributed by atoms with Crippen molar-refractivity contribution in [2.24, 2.45) is 0 Å². The van der Waals surface area contributed by atoms with Crippen molar-refractivity contribution < 1.29 is 32.2 Å². The zero-order chi connectivity index (χ0) is 21.5. The van der Waals surface area contributed by atoms with E-state index in [4.69, 9.17) is 9.47 Å². The molecule has 0 aromatic carbocycles. The lowest BCUT2D eigenvalue weighted by Gasteiger charge is -2.24. The molecule has 0 radical (unpaired) electrons. The highest BCUT2D eigenvalue weighted by Gasteiger charge is 2.44. The maximum atomic E-state index is 13.4. The number of halogens is 3. The van der Waals surface area contributed by atoms with Crippen LogP contribution in [-0.4, -0.2) is 45.6 Å². The van der Waals surface area contributed by atoms with Crippen LogP contribution in [0.4, 0.5) is 18.0 Å². The van der Waals surface area contributed by atoms with Gasteiger partial charge in [0.15, 0.2) is 0 Å². The number of nitrogens with zero attached hydrogens (tertiary/aromatic N) is 2. The third-order valence-electron chi connectivity index (χ3n) is 3.81. The standard InChI is InChI=1S/C18H25F3N2O4S/c1-16(2,3)26-14(24)11-12(22-28-13(11)18(19,20)21)10-7-8-23(9-10)15(25)27-17(4,5)6/h10H,7-9H2,1-6H3. The summed E-state index contributed by atoms with van der Waals surface area (Å²) in [6.07, 6.45) is -4.87. The minimum atomic E-state index is -4.72. The number of amides is 1. The second-order valence-electron chi connectivity index (χ2n) is 8.68. The average Bonchev–Trinajstić information content (AvgIpc) is 3.09. The summed E-state index contributed by atoms with van der Waals surface area (Å²) < 4.78 is 54.6. The first kappa shape index (κ1) is 22.4. The van der Waals surface area contributed by atoms with Crippen LogP contribution < -0.4 is 0 Å². The maximum Gasteiger partial charge on any atom is 0.428 e. The fourth-order valence-corrected chi connectivity index (χ4v) is 3.59. The number of hydrogen-bond acceptors (Lipinski definition) is 6. The molecule has 0 spiro atoms. The first-order valence-electron chi connectivity index (χ1n) is 8.86. The Morgan fingerprint density at radius 3 is 2.14 bits per heavy atom. The first-order valence-corrected chi connectivity index (χ1v) is 9.64. The van der Waals surface area contributed by atoms with Gasteiger partial charge in [-0.3, -0.25) is 0 Å². The predicted octanol–water partition coefficient (Wildman–Crippen LogP) is 4.84. The molecule has 1 amide bonds. The quantitative estimate of drug-likeness (QED) is 0.638. The van der Waals surface area contributed by atoms with Gasteiger partial charge < -0.3 is 14.4 Å². The number of ether oxygens (including phenoxy) is 2. The molecule has 1 saturated heterocycles. The van der Waals surface area contributed by atoms with Crippen molar-refractivity contribution >= 4 is 23.6 Å². The molecule has 28 heavy (non-hydrogen) atoms. The van der Waals surface area contributed by atoms with E-state index in [1.165, 1.54) is 4.90 Å². The van der Waals surface area contributed by atoms with Gasteiger partial charge in [-0.1, -0.05) is 0 Å². The summed E-state index contributed by atoms with van der Waals surface area (Å²) in [4.78, 5) is 25.1. The van der Waals surface area contributed by atoms with E-state index in [1.54, 1.807) is 41.5 Å². The topological polar surface area (TPSA) is 68.7 Å². The van der Waals surface area contributed by atoms with Crippen LogP contribution in [0.15, 0.2) is 0 Å². The van der Waals surface area contributed by atoms with Crippen molar-refractivity contribution in [2.45, 2.75) is 71.3 Å². The molecule has 0 bridgehead atoms. The molecule has 6 nitrogen and oxygen atoms in total. The normalized spacial score (nSPS) is 18.3. The van der Waals surface area contributed by atoms with E-state index in [0.717, 1.165) is 0 Å². The van der Waals surface area contributed by atoms with Crippen molar-refractivity contribution in [3.63, 3.8) is 0 Å². The number of aromatic nitrogens is 1. The molecule has 0 N–H and O–H groups in total. The monoisotopic (exact) mass is 422 g/mol. The van der Waals surface area contributed by atoms with Crippen molar-refractivity contribution in [1.29, 1.82) is 0 Å². The number of alkyl halides is 3. The summed E-state index contributed by atoms with van der Waals surface area (Å²) in [5.74, 6) is -1.55. The number of hydrogen-bond donors (Lipinski definition) is 0. The Morgan fingerprint density at radius 1 is 1.07 bits per heavy atom. The SMILES string of the molecule is CC(C)(C)OC(=O)c1c(C2CCN(C(=O)OC(C)(C)C)C2)nsc1C(F)(F)F. The van der Waals surface area contributed by atoms with Gasteiger partial charge >= 0.3 is 18.2 Å². The summed E-state index contributed by atoms with van der Waals surface area (Å²) >= 11 is 0.233. The van der Waals surface area contributed by atoms with E-state index in [9.17, 15) is 22.8 Å². The van der Waals surface area contributed by atoms with Crippen LogP contribution in [0.25, 0.3) is 0 Å². The molecule has 1 unspecified atom stereocenters. The minimum Gasteiger partial charge on any atom is -0.456 e. The van der Waals surface area contributed by atoms with Gasteiger partial charge in [0.05, 0.1) is 5.69 Å². The molecule has 1 aliphatic heterocycles. The Kier molecular flexibility index (Phi) is 6.04. The molecule has 158 valence electrons. The highest BCUT2D eigenvalue weighted by atomic mass is 32.1. The van der Waals surface area contributed by atoms with Gasteiger partial charge in [-0.05, 0) is 59.5 Å². The Balaban J connectivity index is 2.30. The molecule has 2 heterocycles. The van der Waals surface area contributed by atoms with Crippen LogP contribution in [0.5, 0.6) is 0 Å². The second kappa shape index (κ2) is 7.53. The zero-order valence-electron chi connectivity index (χ0n) is 16.8. The average molecular weight is 422 g/mol. The fourth-order valence-electron chi connectivity index (χ4n) is 2.78. The lowest BCUT2D eigenvalue weighted by Crippen LogP contribution is -2.35. The zero-order valence-corrected chi connectivity index (χ0v) is 17.6. The lowest BCUT2D eigenvalue weighted by molar-refractivity contribution is -0.135. The number of esters is 1. The first-order chi connectivity index (χ1) is 12.6. The van der Waals surface area contributed by atoms with Gasteiger partial charge in [-0.2, -0.15) is 17.5 Å². The van der Waals surface area contributed by atoms with Crippen LogP contribution in [0.2, 0.25) is 0 Å². The van der Waals surface area contributed by atoms with E-state index in [0.29, 0.717) is 13.0 Å². The summed E-state index contributed by atoms with van der Waals surface area (Å²) in [5, 5.41) is 0. The minimum absolute atomic E-state index is 0.0256. The van der Waals surface area contributed by atoms with E-state index in [-0.39, 0.29) is 23.8 Å². The molecular weight excluding hydrogens is 397 g/mol. The van der Waals surface area contributed by atoms with Crippen molar-refractivity contribution in [2.75, 3.05) is 13.1 Å². The summed E-state index contributed by atoms with van der Waals surface area (Å²) in [7, 11) is 0. The highest BCUT2D eigenvalue weighted by molar-refractivity contribution is 7.06. The molecule has 1 atom stereocenters. The highest BCUT2D eigenvalue weighted by Crippen LogP contribution is 2.41. The maximum absolute atomic E-state index is 13.4. The number of carbonyl (C=O) groups excluding carboxylic acids is 2. The molecule has 0 aliphatic carbocycles. The Bertz CT molecular complexity index is 747. The van der Waals surface area contributed by atoms with Gasteiger partial charge in [-0.15, -0.1) is 0 Å². The predicted molar refractivity (Wildman–Crippen MR) is 97.4 cm³/mol. The molecule has 1 fully saturated rings. The molecular formula is C18H25F3N2O4S. The third-order valence-corrected chi connectivity index (χ3v) is 4.71. The number of carbonyl (C=O) groups is 2. The van der Waals surface area contributed by atoms with Crippen LogP contribution in [-0.2, 0) is 15.7 Å².